The first-order valence-electron chi connectivity index (χ1n) is 10.9. The molecule has 0 spiro atoms. The number of hydrogen-bond acceptors (Lipinski definition) is 2. The van der Waals surface area contributed by atoms with E-state index in [0.29, 0.717) is 5.95 Å². The van der Waals surface area contributed by atoms with Gasteiger partial charge in [-0.3, -0.25) is 0 Å². The van der Waals surface area contributed by atoms with Gasteiger partial charge in [-0.15, -0.1) is 0 Å². The second kappa shape index (κ2) is 9.57. The van der Waals surface area contributed by atoms with Gasteiger partial charge in [0.2, 0.25) is 0 Å². The number of hydrogen-bond donors (Lipinski definition) is 0. The van der Waals surface area contributed by atoms with E-state index in [0.717, 1.165) is 22.6 Å². The van der Waals surface area contributed by atoms with Crippen molar-refractivity contribution in [3.8, 4) is 33.8 Å². The van der Waals surface area contributed by atoms with Crippen LogP contribution in [0.4, 0.5) is 0 Å². The van der Waals surface area contributed by atoms with Crippen molar-refractivity contribution >= 4 is 0 Å². The summed E-state index contributed by atoms with van der Waals surface area (Å²) in [4.78, 5) is 0. The predicted molar refractivity (Wildman–Crippen MR) is 133 cm³/mol. The smallest absolute Gasteiger partial charge is 0.286 e. The highest BCUT2D eigenvalue weighted by molar-refractivity contribution is 5.64. The van der Waals surface area contributed by atoms with Crippen LogP contribution in [0, 0.1) is 5.41 Å². The molecule has 0 aliphatic carbocycles. The Kier molecular flexibility index (Phi) is 6.42. The third-order valence-corrected chi connectivity index (χ3v) is 4.91. The molecule has 0 aliphatic heterocycles. The molecule has 0 N–H and O–H groups in total. The van der Waals surface area contributed by atoms with Crippen molar-refractivity contribution in [1.29, 1.82) is 0 Å². The minimum atomic E-state index is -0.0940. The van der Waals surface area contributed by atoms with Gasteiger partial charge in [0.25, 0.3) is 5.95 Å². The fourth-order valence-electron chi connectivity index (χ4n) is 3.36. The Bertz CT molecular complexity index is 1060. The van der Waals surface area contributed by atoms with Crippen LogP contribution < -0.4 is 9.47 Å². The maximum atomic E-state index is 6.14. The summed E-state index contributed by atoms with van der Waals surface area (Å²) in [6.45, 7) is 6.37. The molecule has 160 valence electrons. The molecular formula is C30H28O2. The van der Waals surface area contributed by atoms with E-state index in [2.05, 4.69) is 69.3 Å². The minimum absolute atomic E-state index is 0.0940. The van der Waals surface area contributed by atoms with E-state index in [1.54, 1.807) is 0 Å². The first-order chi connectivity index (χ1) is 15.5. The normalized spacial score (nSPS) is 11.0. The second-order valence-electron chi connectivity index (χ2n) is 8.81. The summed E-state index contributed by atoms with van der Waals surface area (Å²) in [6, 6.07) is 36.8. The summed E-state index contributed by atoms with van der Waals surface area (Å²) in [5.41, 5.74) is 4.57. The molecule has 4 aromatic rings. The lowest BCUT2D eigenvalue weighted by Gasteiger charge is -2.17. The van der Waals surface area contributed by atoms with Crippen LogP contribution in [0.1, 0.15) is 20.8 Å². The lowest BCUT2D eigenvalue weighted by molar-refractivity contribution is 0.217. The Morgan fingerprint density at radius 3 is 1.19 bits per heavy atom. The quantitative estimate of drug-likeness (QED) is 0.292. The molecule has 2 heteroatoms. The maximum Gasteiger partial charge on any atom is 0.286 e. The van der Waals surface area contributed by atoms with Gasteiger partial charge in [-0.2, -0.15) is 0 Å². The van der Waals surface area contributed by atoms with Crippen LogP contribution in [0.2, 0.25) is 0 Å². The third-order valence-electron chi connectivity index (χ3n) is 4.91. The van der Waals surface area contributed by atoms with Gasteiger partial charge in [0.05, 0.1) is 0 Å². The molecule has 0 aliphatic rings. The molecule has 0 unspecified atom stereocenters. The largest absolute Gasteiger partial charge is 0.426 e. The van der Waals surface area contributed by atoms with Gasteiger partial charge >= 0.3 is 0 Å². The zero-order chi connectivity index (χ0) is 22.4. The van der Waals surface area contributed by atoms with Crippen LogP contribution in [-0.4, -0.2) is 0 Å². The predicted octanol–water partition coefficient (Wildman–Crippen LogP) is 8.37. The summed E-state index contributed by atoms with van der Waals surface area (Å²) in [7, 11) is 0. The number of rotatable bonds is 6. The summed E-state index contributed by atoms with van der Waals surface area (Å²) in [5, 5.41) is 0. The summed E-state index contributed by atoms with van der Waals surface area (Å²) in [5.74, 6) is 1.94. The van der Waals surface area contributed by atoms with E-state index in [-0.39, 0.29) is 5.41 Å². The fraction of sp³-hybridized carbons (Fsp3) is 0.133. The second-order valence-corrected chi connectivity index (χ2v) is 8.81. The van der Waals surface area contributed by atoms with Crippen molar-refractivity contribution in [3.05, 3.63) is 121 Å². The van der Waals surface area contributed by atoms with Crippen LogP contribution in [0.5, 0.6) is 11.5 Å². The highest BCUT2D eigenvalue weighted by atomic mass is 16.7. The summed E-state index contributed by atoms with van der Waals surface area (Å²) >= 11 is 0. The Morgan fingerprint density at radius 2 is 0.844 bits per heavy atom. The molecule has 4 rings (SSSR count). The van der Waals surface area contributed by atoms with Crippen molar-refractivity contribution in [1.82, 2.24) is 0 Å². The van der Waals surface area contributed by atoms with Gasteiger partial charge in [-0.25, -0.2) is 0 Å². The van der Waals surface area contributed by atoms with E-state index >= 15 is 0 Å². The van der Waals surface area contributed by atoms with Gasteiger partial charge in [0, 0.05) is 6.08 Å². The molecule has 0 atom stereocenters. The van der Waals surface area contributed by atoms with Crippen LogP contribution in [0.3, 0.4) is 0 Å². The van der Waals surface area contributed by atoms with E-state index in [4.69, 9.17) is 9.47 Å². The Labute approximate surface area is 190 Å². The molecule has 4 aromatic carbocycles. The molecule has 0 amide bonds. The Morgan fingerprint density at radius 1 is 0.500 bits per heavy atom. The standard InChI is InChI=1S/C30H28O2/c1-30(2,3)22-29(31-27-18-14-25(15-19-27)23-10-6-4-7-11-23)32-28-20-16-26(17-21-28)24-12-8-5-9-13-24/h4-22H,1-3H3. The van der Waals surface area contributed by atoms with E-state index in [1.807, 2.05) is 66.7 Å². The van der Waals surface area contributed by atoms with Gasteiger partial charge in [0.1, 0.15) is 11.5 Å². The fourth-order valence-corrected chi connectivity index (χ4v) is 3.36. The van der Waals surface area contributed by atoms with Gasteiger partial charge < -0.3 is 9.47 Å². The first kappa shape index (κ1) is 21.5. The first-order valence-corrected chi connectivity index (χ1v) is 10.9. The third kappa shape index (κ3) is 5.89. The molecule has 0 heterocycles. The molecule has 0 saturated carbocycles. The molecular weight excluding hydrogens is 392 g/mol. The SMILES string of the molecule is CC(C)(C)C=C(Oc1ccc(-c2ccccc2)cc1)Oc1ccc(-c2ccccc2)cc1. The monoisotopic (exact) mass is 420 g/mol. The molecule has 0 fully saturated rings. The highest BCUT2D eigenvalue weighted by Gasteiger charge is 2.13. The van der Waals surface area contributed by atoms with Gasteiger partial charge in [0.15, 0.2) is 0 Å². The van der Waals surface area contributed by atoms with Crippen molar-refractivity contribution in [3.63, 3.8) is 0 Å². The van der Waals surface area contributed by atoms with Crippen molar-refractivity contribution in [2.75, 3.05) is 0 Å². The van der Waals surface area contributed by atoms with Crippen molar-refractivity contribution in [2.45, 2.75) is 20.8 Å². The number of allylic oxidation sites excluding steroid dienone is 1. The average molecular weight is 421 g/mol. The Balaban J connectivity index is 1.51. The average Bonchev–Trinajstić information content (AvgIpc) is 2.80. The highest BCUT2D eigenvalue weighted by Crippen LogP contribution is 2.28. The van der Waals surface area contributed by atoms with Gasteiger partial charge in [-0.1, -0.05) is 106 Å². The van der Waals surface area contributed by atoms with Crippen LogP contribution in [0.25, 0.3) is 22.3 Å². The molecule has 32 heavy (non-hydrogen) atoms. The zero-order valence-electron chi connectivity index (χ0n) is 18.8. The van der Waals surface area contributed by atoms with Crippen LogP contribution >= 0.6 is 0 Å². The van der Waals surface area contributed by atoms with Crippen molar-refractivity contribution < 1.29 is 9.47 Å². The van der Waals surface area contributed by atoms with Crippen LogP contribution in [-0.2, 0) is 0 Å². The van der Waals surface area contributed by atoms with E-state index in [1.165, 1.54) is 11.1 Å². The van der Waals surface area contributed by atoms with E-state index < -0.39 is 0 Å². The van der Waals surface area contributed by atoms with E-state index in [9.17, 15) is 0 Å². The zero-order valence-corrected chi connectivity index (χ0v) is 18.8. The van der Waals surface area contributed by atoms with Gasteiger partial charge in [-0.05, 0) is 51.9 Å². The maximum absolute atomic E-state index is 6.14. The topological polar surface area (TPSA) is 18.5 Å². The summed E-state index contributed by atoms with van der Waals surface area (Å²) in [6.07, 6.45) is 2.00. The van der Waals surface area contributed by atoms with Crippen LogP contribution in [0.15, 0.2) is 121 Å². The Hall–Kier alpha value is -3.78. The molecule has 0 radical (unpaired) electrons. The number of benzene rings is 4. The molecule has 0 saturated heterocycles. The number of ether oxygens (including phenoxy) is 2. The minimum Gasteiger partial charge on any atom is -0.426 e. The summed E-state index contributed by atoms with van der Waals surface area (Å²) < 4.78 is 12.3. The lowest BCUT2D eigenvalue weighted by Crippen LogP contribution is -2.10. The molecule has 2 nitrogen and oxygen atoms in total. The molecule has 0 bridgehead atoms. The van der Waals surface area contributed by atoms with Crippen molar-refractivity contribution in [2.24, 2.45) is 5.41 Å². The lowest BCUT2D eigenvalue weighted by atomic mass is 9.97. The molecule has 0 aromatic heterocycles.